The van der Waals surface area contributed by atoms with E-state index >= 15 is 0 Å². The first-order chi connectivity index (χ1) is 12.2. The van der Waals surface area contributed by atoms with Gasteiger partial charge < -0.3 is 4.90 Å². The second kappa shape index (κ2) is 7.10. The molecule has 0 fully saturated rings. The minimum Gasteiger partial charge on any atom is -0.338 e. The van der Waals surface area contributed by atoms with Crippen LogP contribution in [0.25, 0.3) is 10.6 Å². The molecule has 2 heterocycles. The maximum absolute atomic E-state index is 12.8. The second-order valence-corrected chi connectivity index (χ2v) is 8.08. The predicted molar refractivity (Wildman–Crippen MR) is 104 cm³/mol. The molecule has 0 aliphatic heterocycles. The zero-order valence-electron chi connectivity index (χ0n) is 14.1. The maximum Gasteiger partial charge on any atom is 0.228 e. The summed E-state index contributed by atoms with van der Waals surface area (Å²) in [6.07, 6.45) is 3.66. The van der Waals surface area contributed by atoms with Crippen molar-refractivity contribution in [2.24, 2.45) is 0 Å². The Labute approximate surface area is 156 Å². The smallest absolute Gasteiger partial charge is 0.228 e. The zero-order chi connectivity index (χ0) is 17.2. The number of carbonyl (C=O) groups excluding carboxylic acids is 1. The molecule has 4 rings (SSSR count). The number of nitrogens with zero attached hydrogens (tertiary/aromatic N) is 2. The van der Waals surface area contributed by atoms with Crippen molar-refractivity contribution < 1.29 is 4.79 Å². The number of rotatable bonds is 4. The van der Waals surface area contributed by atoms with Crippen LogP contribution >= 0.6 is 22.7 Å². The number of aryl methyl sites for hydroxylation is 1. The first-order valence-corrected chi connectivity index (χ1v) is 10.3. The molecule has 0 saturated heterocycles. The lowest BCUT2D eigenvalue weighted by Crippen LogP contribution is -2.34. The molecule has 1 aromatic carbocycles. The number of amides is 1. The summed E-state index contributed by atoms with van der Waals surface area (Å²) in [5.41, 5.74) is 4.70. The molecule has 1 amide bonds. The summed E-state index contributed by atoms with van der Waals surface area (Å²) in [6.45, 7) is 0. The van der Waals surface area contributed by atoms with Crippen molar-refractivity contribution >= 4 is 28.6 Å². The highest BCUT2D eigenvalue weighted by molar-refractivity contribution is 7.14. The standard InChI is InChI=1S/C20H20N2OS2/c1-22(18-8-4-6-14-5-2-3-7-17(14)18)19(23)11-16-13-25-20(21-16)15-9-10-24-12-15/h2-3,5,7,9-10,12-13,18H,4,6,8,11H2,1H3/t18-/m0/s1. The molecular formula is C20H20N2OS2. The van der Waals surface area contributed by atoms with Gasteiger partial charge in [-0.1, -0.05) is 24.3 Å². The summed E-state index contributed by atoms with van der Waals surface area (Å²) < 4.78 is 0. The highest BCUT2D eigenvalue weighted by Gasteiger charge is 2.26. The van der Waals surface area contributed by atoms with E-state index in [4.69, 9.17) is 0 Å². The van der Waals surface area contributed by atoms with Gasteiger partial charge in [0.1, 0.15) is 5.01 Å². The largest absolute Gasteiger partial charge is 0.338 e. The summed E-state index contributed by atoms with van der Waals surface area (Å²) in [5.74, 6) is 0.142. The van der Waals surface area contributed by atoms with Crippen LogP contribution in [0.1, 0.15) is 35.7 Å². The van der Waals surface area contributed by atoms with Gasteiger partial charge in [-0.05, 0) is 41.8 Å². The van der Waals surface area contributed by atoms with E-state index in [9.17, 15) is 4.79 Å². The number of thiophene rings is 1. The number of carbonyl (C=O) groups is 1. The van der Waals surface area contributed by atoms with Crippen LogP contribution in [0.4, 0.5) is 0 Å². The van der Waals surface area contributed by atoms with Crippen LogP contribution in [-0.2, 0) is 17.6 Å². The van der Waals surface area contributed by atoms with Gasteiger partial charge in [-0.3, -0.25) is 4.79 Å². The molecule has 1 aliphatic carbocycles. The number of hydrogen-bond donors (Lipinski definition) is 0. The lowest BCUT2D eigenvalue weighted by molar-refractivity contribution is -0.131. The number of thiazole rings is 1. The Hall–Kier alpha value is -1.98. The third-order valence-electron chi connectivity index (χ3n) is 4.85. The van der Waals surface area contributed by atoms with Gasteiger partial charge in [-0.2, -0.15) is 11.3 Å². The van der Waals surface area contributed by atoms with E-state index in [0.29, 0.717) is 6.42 Å². The fourth-order valence-corrected chi connectivity index (χ4v) is 5.02. The molecule has 3 aromatic rings. The van der Waals surface area contributed by atoms with Gasteiger partial charge >= 0.3 is 0 Å². The Bertz CT molecular complexity index is 869. The van der Waals surface area contributed by atoms with Crippen molar-refractivity contribution in [3.63, 3.8) is 0 Å². The van der Waals surface area contributed by atoms with Crippen LogP contribution in [0.3, 0.4) is 0 Å². The molecule has 0 unspecified atom stereocenters. The van der Waals surface area contributed by atoms with Crippen molar-refractivity contribution in [1.29, 1.82) is 0 Å². The molecule has 0 saturated carbocycles. The average molecular weight is 369 g/mol. The molecule has 0 N–H and O–H groups in total. The molecule has 0 radical (unpaired) electrons. The number of fused-ring (bicyclic) bond motifs is 1. The van der Waals surface area contributed by atoms with Crippen LogP contribution in [0.5, 0.6) is 0 Å². The van der Waals surface area contributed by atoms with Crippen LogP contribution in [-0.4, -0.2) is 22.8 Å². The fraction of sp³-hybridized carbons (Fsp3) is 0.300. The van der Waals surface area contributed by atoms with Gasteiger partial charge in [0.25, 0.3) is 0 Å². The van der Waals surface area contributed by atoms with E-state index in [1.165, 1.54) is 11.1 Å². The monoisotopic (exact) mass is 368 g/mol. The van der Waals surface area contributed by atoms with Crippen molar-refractivity contribution in [2.75, 3.05) is 7.05 Å². The topological polar surface area (TPSA) is 33.2 Å². The van der Waals surface area contributed by atoms with Gasteiger partial charge in [0.15, 0.2) is 0 Å². The second-order valence-electron chi connectivity index (χ2n) is 6.44. The van der Waals surface area contributed by atoms with Crippen LogP contribution in [0.2, 0.25) is 0 Å². The van der Waals surface area contributed by atoms with Crippen LogP contribution in [0, 0.1) is 0 Å². The van der Waals surface area contributed by atoms with Gasteiger partial charge in [0.05, 0.1) is 18.2 Å². The number of likely N-dealkylation sites (N-methyl/N-ethyl adjacent to an activating group) is 1. The van der Waals surface area contributed by atoms with Gasteiger partial charge in [0, 0.05) is 23.4 Å². The molecule has 1 aliphatic rings. The van der Waals surface area contributed by atoms with E-state index in [2.05, 4.69) is 46.1 Å². The van der Waals surface area contributed by atoms with Crippen molar-refractivity contribution in [3.8, 4) is 10.6 Å². The molecular weight excluding hydrogens is 348 g/mol. The van der Waals surface area contributed by atoms with E-state index in [1.807, 2.05) is 17.3 Å². The lowest BCUT2D eigenvalue weighted by Gasteiger charge is -2.33. The SMILES string of the molecule is CN(C(=O)Cc1csc(-c2ccsc2)n1)[C@H]1CCCc2ccccc21. The Kier molecular flexibility index (Phi) is 4.68. The molecule has 128 valence electrons. The van der Waals surface area contributed by atoms with Gasteiger partial charge in [-0.25, -0.2) is 4.98 Å². The number of hydrogen-bond acceptors (Lipinski definition) is 4. The normalized spacial score (nSPS) is 16.4. The highest BCUT2D eigenvalue weighted by atomic mass is 32.1. The molecule has 25 heavy (non-hydrogen) atoms. The predicted octanol–water partition coefficient (Wildman–Crippen LogP) is 4.95. The lowest BCUT2D eigenvalue weighted by atomic mass is 9.87. The third-order valence-corrected chi connectivity index (χ3v) is 6.47. The molecule has 1 atom stereocenters. The Balaban J connectivity index is 1.48. The van der Waals surface area contributed by atoms with E-state index in [-0.39, 0.29) is 11.9 Å². The van der Waals surface area contributed by atoms with E-state index in [1.54, 1.807) is 22.7 Å². The third kappa shape index (κ3) is 3.39. The van der Waals surface area contributed by atoms with Crippen LogP contribution < -0.4 is 0 Å². The summed E-state index contributed by atoms with van der Waals surface area (Å²) in [7, 11) is 1.93. The average Bonchev–Trinajstić information content (AvgIpc) is 3.32. The molecule has 5 heteroatoms. The number of benzene rings is 1. The summed E-state index contributed by atoms with van der Waals surface area (Å²) in [6, 6.07) is 10.8. The molecule has 2 aromatic heterocycles. The van der Waals surface area contributed by atoms with Crippen LogP contribution in [0.15, 0.2) is 46.5 Å². The minimum absolute atomic E-state index is 0.142. The first-order valence-electron chi connectivity index (χ1n) is 8.53. The van der Waals surface area contributed by atoms with Crippen molar-refractivity contribution in [2.45, 2.75) is 31.7 Å². The molecule has 0 bridgehead atoms. The molecule has 0 spiro atoms. The quantitative estimate of drug-likeness (QED) is 0.653. The molecule has 3 nitrogen and oxygen atoms in total. The van der Waals surface area contributed by atoms with Crippen molar-refractivity contribution in [3.05, 3.63) is 63.3 Å². The minimum atomic E-state index is 0.142. The fourth-order valence-electron chi connectivity index (χ4n) is 3.49. The zero-order valence-corrected chi connectivity index (χ0v) is 15.8. The summed E-state index contributed by atoms with van der Waals surface area (Å²) in [4.78, 5) is 19.4. The summed E-state index contributed by atoms with van der Waals surface area (Å²) in [5, 5.41) is 7.15. The maximum atomic E-state index is 12.8. The number of aromatic nitrogens is 1. The summed E-state index contributed by atoms with van der Waals surface area (Å²) >= 11 is 3.28. The Morgan fingerprint density at radius 1 is 1.28 bits per heavy atom. The van der Waals surface area contributed by atoms with E-state index < -0.39 is 0 Å². The first kappa shape index (κ1) is 16.5. The van der Waals surface area contributed by atoms with Gasteiger partial charge in [-0.15, -0.1) is 11.3 Å². The Morgan fingerprint density at radius 2 is 2.16 bits per heavy atom. The highest BCUT2D eigenvalue weighted by Crippen LogP contribution is 2.34. The Morgan fingerprint density at radius 3 is 3.00 bits per heavy atom. The van der Waals surface area contributed by atoms with E-state index in [0.717, 1.165) is 35.5 Å². The van der Waals surface area contributed by atoms with Gasteiger partial charge in [0.2, 0.25) is 5.91 Å². The van der Waals surface area contributed by atoms with Crippen molar-refractivity contribution in [1.82, 2.24) is 9.88 Å².